The van der Waals surface area contributed by atoms with Gasteiger partial charge in [0.15, 0.2) is 0 Å². The largest absolute Gasteiger partial charge is 0.372 e. The van der Waals surface area contributed by atoms with Gasteiger partial charge in [0.2, 0.25) is 11.8 Å². The number of amides is 2. The van der Waals surface area contributed by atoms with Gasteiger partial charge in [-0.1, -0.05) is 13.2 Å². The van der Waals surface area contributed by atoms with Gasteiger partial charge in [-0.3, -0.25) is 9.59 Å². The maximum atomic E-state index is 10.6. The number of carbonyl (C=O) groups is 2. The standard InChI is InChI=1S/C8H12N2O3/c1-3-6(11)9-5-8(13)10-7(12)4-2/h3-4,8,13H,1-2,5H2,(H,9,11)(H,10,12). The number of rotatable bonds is 5. The molecule has 0 radical (unpaired) electrons. The van der Waals surface area contributed by atoms with Gasteiger partial charge >= 0.3 is 0 Å². The van der Waals surface area contributed by atoms with Crippen LogP contribution in [0.3, 0.4) is 0 Å². The summed E-state index contributed by atoms with van der Waals surface area (Å²) in [5, 5.41) is 13.5. The van der Waals surface area contributed by atoms with Crippen LogP contribution in [0.1, 0.15) is 0 Å². The first-order valence-corrected chi connectivity index (χ1v) is 3.61. The van der Waals surface area contributed by atoms with Gasteiger partial charge in [-0.05, 0) is 12.2 Å². The molecule has 0 aliphatic heterocycles. The predicted octanol–water partition coefficient (Wildman–Crippen LogP) is -1.09. The molecule has 0 saturated carbocycles. The lowest BCUT2D eigenvalue weighted by molar-refractivity contribution is -0.121. The van der Waals surface area contributed by atoms with Crippen molar-refractivity contribution >= 4 is 11.8 Å². The van der Waals surface area contributed by atoms with Crippen LogP contribution in [0.25, 0.3) is 0 Å². The molecule has 0 rings (SSSR count). The Morgan fingerprint density at radius 1 is 1.31 bits per heavy atom. The highest BCUT2D eigenvalue weighted by Crippen LogP contribution is 1.76. The number of hydrogen-bond acceptors (Lipinski definition) is 3. The quantitative estimate of drug-likeness (QED) is 0.375. The Balaban J connectivity index is 3.68. The lowest BCUT2D eigenvalue weighted by Crippen LogP contribution is -2.42. The van der Waals surface area contributed by atoms with Gasteiger partial charge in [-0.15, -0.1) is 0 Å². The average Bonchev–Trinajstić information content (AvgIpc) is 2.13. The van der Waals surface area contributed by atoms with E-state index in [0.717, 1.165) is 12.2 Å². The van der Waals surface area contributed by atoms with Crippen LogP contribution in [0.15, 0.2) is 25.3 Å². The van der Waals surface area contributed by atoms with Gasteiger partial charge in [-0.2, -0.15) is 0 Å². The van der Waals surface area contributed by atoms with Crippen LogP contribution in [-0.2, 0) is 9.59 Å². The van der Waals surface area contributed by atoms with E-state index in [4.69, 9.17) is 5.11 Å². The van der Waals surface area contributed by atoms with Crippen molar-refractivity contribution in [3.05, 3.63) is 25.3 Å². The van der Waals surface area contributed by atoms with Crippen molar-refractivity contribution in [2.75, 3.05) is 6.54 Å². The molecule has 1 unspecified atom stereocenters. The molecule has 0 aromatic rings. The van der Waals surface area contributed by atoms with E-state index in [1.807, 2.05) is 0 Å². The Morgan fingerprint density at radius 2 is 1.85 bits per heavy atom. The molecule has 0 aliphatic carbocycles. The Morgan fingerprint density at radius 3 is 2.31 bits per heavy atom. The monoisotopic (exact) mass is 184 g/mol. The minimum Gasteiger partial charge on any atom is -0.372 e. The summed E-state index contributed by atoms with van der Waals surface area (Å²) in [4.78, 5) is 21.2. The predicted molar refractivity (Wildman–Crippen MR) is 47.6 cm³/mol. The second-order valence-electron chi connectivity index (χ2n) is 2.18. The molecule has 5 nitrogen and oxygen atoms in total. The van der Waals surface area contributed by atoms with Crippen LogP contribution in [0.4, 0.5) is 0 Å². The summed E-state index contributed by atoms with van der Waals surface area (Å²) in [6, 6.07) is 0. The van der Waals surface area contributed by atoms with Crippen molar-refractivity contribution in [2.45, 2.75) is 6.23 Å². The van der Waals surface area contributed by atoms with E-state index in [-0.39, 0.29) is 6.54 Å². The maximum absolute atomic E-state index is 10.6. The minimum absolute atomic E-state index is 0.0650. The molecule has 0 fully saturated rings. The van der Waals surface area contributed by atoms with Crippen LogP contribution in [0.5, 0.6) is 0 Å². The van der Waals surface area contributed by atoms with Crippen molar-refractivity contribution in [1.82, 2.24) is 10.6 Å². The molecule has 1 atom stereocenters. The van der Waals surface area contributed by atoms with E-state index < -0.39 is 18.0 Å². The molecule has 0 aromatic carbocycles. The van der Waals surface area contributed by atoms with Gasteiger partial charge < -0.3 is 15.7 Å². The first kappa shape index (κ1) is 11.4. The fourth-order valence-electron chi connectivity index (χ4n) is 0.544. The van der Waals surface area contributed by atoms with Crippen molar-refractivity contribution < 1.29 is 14.7 Å². The second kappa shape index (κ2) is 5.96. The smallest absolute Gasteiger partial charge is 0.245 e. The highest BCUT2D eigenvalue weighted by molar-refractivity contribution is 5.88. The Labute approximate surface area is 76.1 Å². The number of aliphatic hydroxyl groups excluding tert-OH is 1. The molecular weight excluding hydrogens is 172 g/mol. The van der Waals surface area contributed by atoms with Gasteiger partial charge in [0.05, 0.1) is 6.54 Å². The van der Waals surface area contributed by atoms with E-state index >= 15 is 0 Å². The Hall–Kier alpha value is -1.62. The fourth-order valence-corrected chi connectivity index (χ4v) is 0.544. The highest BCUT2D eigenvalue weighted by atomic mass is 16.3. The van der Waals surface area contributed by atoms with Crippen molar-refractivity contribution in [2.24, 2.45) is 0 Å². The maximum Gasteiger partial charge on any atom is 0.245 e. The molecule has 72 valence electrons. The SMILES string of the molecule is C=CC(=O)NCC(O)NC(=O)C=C. The fraction of sp³-hybridized carbons (Fsp3) is 0.250. The third kappa shape index (κ3) is 5.63. The molecule has 0 spiro atoms. The Kier molecular flexibility index (Phi) is 5.22. The highest BCUT2D eigenvalue weighted by Gasteiger charge is 2.05. The van der Waals surface area contributed by atoms with E-state index in [0.29, 0.717) is 0 Å². The van der Waals surface area contributed by atoms with Crippen molar-refractivity contribution in [3.63, 3.8) is 0 Å². The molecule has 5 heteroatoms. The first-order chi connectivity index (χ1) is 6.10. The van der Waals surface area contributed by atoms with Crippen LogP contribution >= 0.6 is 0 Å². The molecular formula is C8H12N2O3. The lowest BCUT2D eigenvalue weighted by atomic mass is 10.4. The van der Waals surface area contributed by atoms with E-state index in [9.17, 15) is 9.59 Å². The van der Waals surface area contributed by atoms with Gasteiger partial charge in [0.25, 0.3) is 0 Å². The van der Waals surface area contributed by atoms with Gasteiger partial charge in [-0.25, -0.2) is 0 Å². The summed E-state index contributed by atoms with van der Waals surface area (Å²) in [5.41, 5.74) is 0. The van der Waals surface area contributed by atoms with E-state index in [1.54, 1.807) is 0 Å². The van der Waals surface area contributed by atoms with Crippen LogP contribution in [-0.4, -0.2) is 29.7 Å². The zero-order valence-corrected chi connectivity index (χ0v) is 7.12. The number of nitrogens with one attached hydrogen (secondary N) is 2. The molecule has 13 heavy (non-hydrogen) atoms. The topological polar surface area (TPSA) is 78.4 Å². The summed E-state index contributed by atoms with van der Waals surface area (Å²) >= 11 is 0. The summed E-state index contributed by atoms with van der Waals surface area (Å²) in [7, 11) is 0. The van der Waals surface area contributed by atoms with Gasteiger partial charge in [0, 0.05) is 0 Å². The summed E-state index contributed by atoms with van der Waals surface area (Å²) in [6.07, 6.45) is 0.982. The summed E-state index contributed by atoms with van der Waals surface area (Å²) < 4.78 is 0. The van der Waals surface area contributed by atoms with E-state index in [2.05, 4.69) is 23.8 Å². The van der Waals surface area contributed by atoms with Gasteiger partial charge in [0.1, 0.15) is 6.23 Å². The molecule has 0 saturated heterocycles. The molecule has 2 amide bonds. The van der Waals surface area contributed by atoms with Crippen molar-refractivity contribution in [1.29, 1.82) is 0 Å². The second-order valence-corrected chi connectivity index (χ2v) is 2.18. The van der Waals surface area contributed by atoms with Crippen LogP contribution < -0.4 is 10.6 Å². The molecule has 0 bridgehead atoms. The molecule has 0 aromatic heterocycles. The minimum atomic E-state index is -1.12. The van der Waals surface area contributed by atoms with Crippen molar-refractivity contribution in [3.8, 4) is 0 Å². The number of hydrogen-bond donors (Lipinski definition) is 3. The lowest BCUT2D eigenvalue weighted by Gasteiger charge is -2.11. The first-order valence-electron chi connectivity index (χ1n) is 3.61. The number of aliphatic hydroxyl groups is 1. The van der Waals surface area contributed by atoms with Crippen LogP contribution in [0.2, 0.25) is 0 Å². The van der Waals surface area contributed by atoms with Crippen LogP contribution in [0, 0.1) is 0 Å². The molecule has 0 heterocycles. The normalized spacial score (nSPS) is 11.2. The number of carbonyl (C=O) groups excluding carboxylic acids is 2. The Bertz CT molecular complexity index is 225. The molecule has 0 aliphatic rings. The summed E-state index contributed by atoms with van der Waals surface area (Å²) in [5.74, 6) is -0.910. The third-order valence-corrected chi connectivity index (χ3v) is 1.15. The zero-order chi connectivity index (χ0) is 10.3. The molecule has 3 N–H and O–H groups in total. The van der Waals surface area contributed by atoms with E-state index in [1.165, 1.54) is 0 Å². The summed E-state index contributed by atoms with van der Waals surface area (Å²) in [6.45, 7) is 6.35. The third-order valence-electron chi connectivity index (χ3n) is 1.15. The zero-order valence-electron chi connectivity index (χ0n) is 7.12. The average molecular weight is 184 g/mol.